The molecule has 0 unspecified atom stereocenters. The first-order chi connectivity index (χ1) is 10.2. The SMILES string of the molecule is COc1ccc(Cl)cc1/C=C(\C#N)C(=O)N1CCOCC1. The Morgan fingerprint density at radius 3 is 2.81 bits per heavy atom. The number of carbonyl (C=O) groups excluding carboxylic acids is 1. The van der Waals surface area contributed by atoms with Crippen LogP contribution in [0.4, 0.5) is 0 Å². The van der Waals surface area contributed by atoms with E-state index in [0.717, 1.165) is 0 Å². The zero-order valence-corrected chi connectivity index (χ0v) is 12.4. The van der Waals surface area contributed by atoms with Crippen molar-refractivity contribution >= 4 is 23.6 Å². The maximum absolute atomic E-state index is 12.3. The number of morpholine rings is 1. The van der Waals surface area contributed by atoms with E-state index in [0.29, 0.717) is 42.6 Å². The van der Waals surface area contributed by atoms with Gasteiger partial charge in [0.25, 0.3) is 5.91 Å². The Morgan fingerprint density at radius 2 is 2.19 bits per heavy atom. The Balaban J connectivity index is 2.30. The number of halogens is 1. The fourth-order valence-corrected chi connectivity index (χ4v) is 2.23. The summed E-state index contributed by atoms with van der Waals surface area (Å²) in [5.74, 6) is 0.254. The molecule has 0 atom stereocenters. The number of hydrogen-bond acceptors (Lipinski definition) is 4. The van der Waals surface area contributed by atoms with Gasteiger partial charge in [0.05, 0.1) is 20.3 Å². The highest BCUT2D eigenvalue weighted by atomic mass is 35.5. The first kappa shape index (κ1) is 15.4. The summed E-state index contributed by atoms with van der Waals surface area (Å²) < 4.78 is 10.4. The van der Waals surface area contributed by atoms with Gasteiger partial charge >= 0.3 is 0 Å². The zero-order valence-electron chi connectivity index (χ0n) is 11.6. The Hall–Kier alpha value is -2.03. The van der Waals surface area contributed by atoms with E-state index in [1.54, 1.807) is 23.1 Å². The standard InChI is InChI=1S/C15H15ClN2O3/c1-20-14-3-2-13(16)9-11(14)8-12(10-17)15(19)18-4-6-21-7-5-18/h2-3,8-9H,4-7H2,1H3/b12-8+. The molecular formula is C15H15ClN2O3. The number of benzene rings is 1. The second-order valence-corrected chi connectivity index (χ2v) is 4.90. The minimum Gasteiger partial charge on any atom is -0.496 e. The number of carbonyl (C=O) groups is 1. The Bertz CT molecular complexity index is 601. The summed E-state index contributed by atoms with van der Waals surface area (Å²) in [7, 11) is 1.52. The summed E-state index contributed by atoms with van der Waals surface area (Å²) in [6, 6.07) is 6.99. The van der Waals surface area contributed by atoms with Gasteiger partial charge in [-0.1, -0.05) is 11.6 Å². The molecule has 1 fully saturated rings. The zero-order chi connectivity index (χ0) is 15.2. The van der Waals surface area contributed by atoms with E-state index in [-0.39, 0.29) is 11.5 Å². The summed E-state index contributed by atoms with van der Waals surface area (Å²) in [5.41, 5.74) is 0.653. The molecule has 0 bridgehead atoms. The van der Waals surface area contributed by atoms with E-state index in [1.165, 1.54) is 13.2 Å². The third kappa shape index (κ3) is 3.75. The van der Waals surface area contributed by atoms with Crippen LogP contribution in [0.15, 0.2) is 23.8 Å². The van der Waals surface area contributed by atoms with E-state index in [9.17, 15) is 10.1 Å². The van der Waals surface area contributed by atoms with Gasteiger partial charge < -0.3 is 14.4 Å². The van der Waals surface area contributed by atoms with E-state index >= 15 is 0 Å². The average molecular weight is 307 g/mol. The van der Waals surface area contributed by atoms with Crippen LogP contribution >= 0.6 is 11.6 Å². The van der Waals surface area contributed by atoms with Crippen LogP contribution in [-0.2, 0) is 9.53 Å². The molecule has 1 aromatic rings. The second kappa shape index (κ2) is 7.11. The molecule has 6 heteroatoms. The summed E-state index contributed by atoms with van der Waals surface area (Å²) >= 11 is 5.95. The largest absolute Gasteiger partial charge is 0.496 e. The number of hydrogen-bond donors (Lipinski definition) is 0. The third-order valence-electron chi connectivity index (χ3n) is 3.14. The van der Waals surface area contributed by atoms with Gasteiger partial charge in [0.2, 0.25) is 0 Å². The summed E-state index contributed by atoms with van der Waals surface area (Å²) in [5, 5.41) is 9.76. The van der Waals surface area contributed by atoms with Crippen molar-refractivity contribution in [1.82, 2.24) is 4.90 Å². The maximum atomic E-state index is 12.3. The van der Waals surface area contributed by atoms with Crippen molar-refractivity contribution in [3.8, 4) is 11.8 Å². The smallest absolute Gasteiger partial charge is 0.264 e. The van der Waals surface area contributed by atoms with Crippen LogP contribution in [0.25, 0.3) is 6.08 Å². The van der Waals surface area contributed by atoms with Crippen LogP contribution in [0, 0.1) is 11.3 Å². The van der Waals surface area contributed by atoms with E-state index in [2.05, 4.69) is 0 Å². The summed E-state index contributed by atoms with van der Waals surface area (Å²) in [6.07, 6.45) is 1.50. The van der Waals surface area contributed by atoms with E-state index in [1.807, 2.05) is 6.07 Å². The molecule has 0 spiro atoms. The predicted octanol–water partition coefficient (Wildman–Crippen LogP) is 2.11. The highest BCUT2D eigenvalue weighted by Gasteiger charge is 2.21. The van der Waals surface area contributed by atoms with Gasteiger partial charge in [0.1, 0.15) is 17.4 Å². The Morgan fingerprint density at radius 1 is 1.48 bits per heavy atom. The van der Waals surface area contributed by atoms with Gasteiger partial charge in [0, 0.05) is 23.7 Å². The van der Waals surface area contributed by atoms with Crippen molar-refractivity contribution < 1.29 is 14.3 Å². The highest BCUT2D eigenvalue weighted by Crippen LogP contribution is 2.25. The second-order valence-electron chi connectivity index (χ2n) is 4.46. The van der Waals surface area contributed by atoms with Crippen LogP contribution in [0.3, 0.4) is 0 Å². The lowest BCUT2D eigenvalue weighted by molar-refractivity contribution is -0.130. The first-order valence-corrected chi connectivity index (χ1v) is 6.86. The molecule has 0 aromatic heterocycles. The monoisotopic (exact) mass is 306 g/mol. The molecule has 1 heterocycles. The first-order valence-electron chi connectivity index (χ1n) is 6.48. The van der Waals surface area contributed by atoms with E-state index < -0.39 is 0 Å². The molecule has 1 amide bonds. The fourth-order valence-electron chi connectivity index (χ4n) is 2.05. The van der Waals surface area contributed by atoms with Crippen LogP contribution in [-0.4, -0.2) is 44.2 Å². The molecule has 5 nitrogen and oxygen atoms in total. The highest BCUT2D eigenvalue weighted by molar-refractivity contribution is 6.30. The number of methoxy groups -OCH3 is 1. The van der Waals surface area contributed by atoms with Gasteiger partial charge in [0.15, 0.2) is 0 Å². The van der Waals surface area contributed by atoms with Crippen molar-refractivity contribution in [2.45, 2.75) is 0 Å². The third-order valence-corrected chi connectivity index (χ3v) is 3.38. The summed E-state index contributed by atoms with van der Waals surface area (Å²) in [6.45, 7) is 1.96. The lowest BCUT2D eigenvalue weighted by atomic mass is 10.1. The van der Waals surface area contributed by atoms with Gasteiger partial charge in [-0.15, -0.1) is 0 Å². The normalized spacial score (nSPS) is 15.5. The molecule has 1 aliphatic heterocycles. The van der Waals surface area contributed by atoms with Gasteiger partial charge in [-0.25, -0.2) is 0 Å². The topological polar surface area (TPSA) is 62.6 Å². The minimum atomic E-state index is -0.303. The molecule has 110 valence electrons. The van der Waals surface area contributed by atoms with Crippen LogP contribution < -0.4 is 4.74 Å². The van der Waals surface area contributed by atoms with Crippen molar-refractivity contribution in [3.05, 3.63) is 34.4 Å². The van der Waals surface area contributed by atoms with Crippen molar-refractivity contribution in [1.29, 1.82) is 5.26 Å². The molecule has 2 rings (SSSR count). The molecule has 0 N–H and O–H groups in total. The molecule has 0 saturated carbocycles. The van der Waals surface area contributed by atoms with Crippen LogP contribution in [0.1, 0.15) is 5.56 Å². The number of amides is 1. The number of ether oxygens (including phenoxy) is 2. The molecule has 0 radical (unpaired) electrons. The predicted molar refractivity (Wildman–Crippen MR) is 79.0 cm³/mol. The van der Waals surface area contributed by atoms with Crippen molar-refractivity contribution in [2.24, 2.45) is 0 Å². The lowest BCUT2D eigenvalue weighted by Crippen LogP contribution is -2.41. The molecule has 1 saturated heterocycles. The van der Waals surface area contributed by atoms with Gasteiger partial charge in [-0.3, -0.25) is 4.79 Å². The van der Waals surface area contributed by atoms with E-state index in [4.69, 9.17) is 21.1 Å². The molecular weight excluding hydrogens is 292 g/mol. The fraction of sp³-hybridized carbons (Fsp3) is 0.333. The Labute approximate surface area is 128 Å². The lowest BCUT2D eigenvalue weighted by Gasteiger charge is -2.26. The van der Waals surface area contributed by atoms with Gasteiger partial charge in [-0.05, 0) is 24.3 Å². The number of nitrogens with zero attached hydrogens (tertiary/aromatic N) is 2. The molecule has 1 aromatic carbocycles. The number of rotatable bonds is 3. The quantitative estimate of drug-likeness (QED) is 0.634. The van der Waals surface area contributed by atoms with Crippen LogP contribution in [0.5, 0.6) is 5.75 Å². The van der Waals surface area contributed by atoms with Crippen molar-refractivity contribution in [3.63, 3.8) is 0 Å². The van der Waals surface area contributed by atoms with Crippen molar-refractivity contribution in [2.75, 3.05) is 33.4 Å². The van der Waals surface area contributed by atoms with Gasteiger partial charge in [-0.2, -0.15) is 5.26 Å². The minimum absolute atomic E-state index is 0.0532. The van der Waals surface area contributed by atoms with Crippen LogP contribution in [0.2, 0.25) is 5.02 Å². The Kier molecular flexibility index (Phi) is 5.20. The average Bonchev–Trinajstić information content (AvgIpc) is 2.53. The number of nitriles is 1. The maximum Gasteiger partial charge on any atom is 0.264 e. The molecule has 1 aliphatic rings. The molecule has 21 heavy (non-hydrogen) atoms. The molecule has 0 aliphatic carbocycles. The summed E-state index contributed by atoms with van der Waals surface area (Å²) in [4.78, 5) is 13.9.